The number of piperazine rings is 1. The topological polar surface area (TPSA) is 9.72 Å². The van der Waals surface area contributed by atoms with E-state index in [1.807, 2.05) is 0 Å². The third-order valence-corrected chi connectivity index (χ3v) is 3.31. The molecule has 2 aliphatic rings. The van der Waals surface area contributed by atoms with Crippen LogP contribution in [0, 0.1) is 0 Å². The predicted molar refractivity (Wildman–Crippen MR) is 73.1 cm³/mol. The molecule has 0 amide bonds. The molecule has 2 rings (SSSR count). The molecule has 16 heavy (non-hydrogen) atoms. The van der Waals surface area contributed by atoms with Gasteiger partial charge in [-0.2, -0.15) is 0 Å². The summed E-state index contributed by atoms with van der Waals surface area (Å²) in [4.78, 5) is 7.11. The van der Waals surface area contributed by atoms with E-state index in [9.17, 15) is 0 Å². The summed E-state index contributed by atoms with van der Waals surface area (Å²) in [6.45, 7) is 7.57. The molecule has 2 fully saturated rings. The van der Waals surface area contributed by atoms with Crippen molar-refractivity contribution in [1.82, 2.24) is 14.7 Å². The Kier molecular flexibility index (Phi) is 8.90. The number of hydrogen-bond donors (Lipinski definition) is 0. The lowest BCUT2D eigenvalue weighted by atomic mass is 10.1. The van der Waals surface area contributed by atoms with Crippen molar-refractivity contribution in [3.05, 3.63) is 0 Å². The summed E-state index contributed by atoms with van der Waals surface area (Å²) < 4.78 is 0. The van der Waals surface area contributed by atoms with Gasteiger partial charge in [-0.25, -0.2) is 0 Å². The molecular weight excluding hydrogens is 198 g/mol. The molecule has 0 atom stereocenters. The first-order chi connectivity index (χ1) is 7.18. The van der Waals surface area contributed by atoms with Crippen LogP contribution in [-0.2, 0) is 0 Å². The second-order valence-electron chi connectivity index (χ2n) is 4.97. The van der Waals surface area contributed by atoms with Crippen LogP contribution in [0.15, 0.2) is 0 Å². The molecule has 0 N–H and O–H groups in total. The molecular formula is C13H31N3. The summed E-state index contributed by atoms with van der Waals surface area (Å²) in [6, 6.07) is 0. The number of piperidine rings is 1. The van der Waals surface area contributed by atoms with Crippen LogP contribution in [-0.4, -0.2) is 75.1 Å². The molecule has 0 bridgehead atoms. The zero-order valence-corrected chi connectivity index (χ0v) is 10.7. The molecule has 3 nitrogen and oxygen atoms in total. The quantitative estimate of drug-likeness (QED) is 0.625. The highest BCUT2D eigenvalue weighted by Gasteiger charge is 2.07. The number of nitrogens with zero attached hydrogens (tertiary/aromatic N) is 3. The summed E-state index contributed by atoms with van der Waals surface area (Å²) in [5.74, 6) is 0. The maximum Gasteiger partial charge on any atom is 0.0107 e. The molecule has 2 heterocycles. The van der Waals surface area contributed by atoms with Gasteiger partial charge in [-0.05, 0) is 47.1 Å². The van der Waals surface area contributed by atoms with Crippen LogP contribution < -0.4 is 0 Å². The van der Waals surface area contributed by atoms with Gasteiger partial charge in [0.1, 0.15) is 0 Å². The van der Waals surface area contributed by atoms with Gasteiger partial charge in [0, 0.05) is 26.2 Å². The molecule has 3 heteroatoms. The van der Waals surface area contributed by atoms with Gasteiger partial charge in [0.05, 0.1) is 0 Å². The lowest BCUT2D eigenvalue weighted by Gasteiger charge is -2.28. The average molecular weight is 229 g/mol. The Labute approximate surface area is 102 Å². The van der Waals surface area contributed by atoms with E-state index in [1.54, 1.807) is 0 Å². The number of rotatable bonds is 0. The molecule has 0 aromatic heterocycles. The van der Waals surface area contributed by atoms with Crippen LogP contribution in [0.25, 0.3) is 0 Å². The second kappa shape index (κ2) is 8.97. The van der Waals surface area contributed by atoms with Crippen molar-refractivity contribution in [3.63, 3.8) is 0 Å². The Balaban J connectivity index is 0.000000267. The van der Waals surface area contributed by atoms with E-state index in [4.69, 9.17) is 0 Å². The van der Waals surface area contributed by atoms with Crippen LogP contribution in [0.2, 0.25) is 0 Å². The van der Waals surface area contributed by atoms with Crippen molar-refractivity contribution in [2.45, 2.75) is 26.7 Å². The molecule has 98 valence electrons. The fraction of sp³-hybridized carbons (Fsp3) is 1.00. The SMILES string of the molecule is C.CN1CCCCC1.CN1CCN(C)CC1. The van der Waals surface area contributed by atoms with E-state index < -0.39 is 0 Å². The minimum atomic E-state index is 0. The van der Waals surface area contributed by atoms with E-state index in [1.165, 1.54) is 58.5 Å². The Morgan fingerprint density at radius 3 is 1.06 bits per heavy atom. The van der Waals surface area contributed by atoms with Gasteiger partial charge >= 0.3 is 0 Å². The number of likely N-dealkylation sites (tertiary alicyclic amines) is 1. The second-order valence-corrected chi connectivity index (χ2v) is 4.97. The van der Waals surface area contributed by atoms with Crippen LogP contribution in [0.1, 0.15) is 26.7 Å². The van der Waals surface area contributed by atoms with Crippen molar-refractivity contribution in [1.29, 1.82) is 0 Å². The molecule has 0 saturated carbocycles. The smallest absolute Gasteiger partial charge is 0.0107 e. The third kappa shape index (κ3) is 7.20. The average Bonchev–Trinajstić information content (AvgIpc) is 2.25. The van der Waals surface area contributed by atoms with Crippen molar-refractivity contribution >= 4 is 0 Å². The van der Waals surface area contributed by atoms with Crippen LogP contribution in [0.4, 0.5) is 0 Å². The third-order valence-electron chi connectivity index (χ3n) is 3.31. The van der Waals surface area contributed by atoms with Crippen LogP contribution in [0.3, 0.4) is 0 Å². The van der Waals surface area contributed by atoms with Gasteiger partial charge in [-0.15, -0.1) is 0 Å². The normalized spacial score (nSPS) is 24.2. The Morgan fingerprint density at radius 2 is 0.812 bits per heavy atom. The molecule has 0 aliphatic carbocycles. The van der Waals surface area contributed by atoms with E-state index in [0.717, 1.165) is 0 Å². The largest absolute Gasteiger partial charge is 0.306 e. The van der Waals surface area contributed by atoms with Crippen molar-refractivity contribution in [2.24, 2.45) is 0 Å². The minimum Gasteiger partial charge on any atom is -0.306 e. The summed E-state index contributed by atoms with van der Waals surface area (Å²) in [7, 11) is 6.54. The van der Waals surface area contributed by atoms with Gasteiger partial charge in [0.2, 0.25) is 0 Å². The molecule has 0 aromatic rings. The molecule has 2 saturated heterocycles. The fourth-order valence-corrected chi connectivity index (χ4v) is 1.96. The number of likely N-dealkylation sites (N-methyl/N-ethyl adjacent to an activating group) is 2. The van der Waals surface area contributed by atoms with Gasteiger partial charge < -0.3 is 14.7 Å². The highest BCUT2D eigenvalue weighted by molar-refractivity contribution is 4.64. The predicted octanol–water partition coefficient (Wildman–Crippen LogP) is 1.60. The van der Waals surface area contributed by atoms with Gasteiger partial charge in [0.15, 0.2) is 0 Å². The maximum atomic E-state index is 2.39. The highest BCUT2D eigenvalue weighted by Crippen LogP contribution is 2.04. The maximum absolute atomic E-state index is 2.39. The van der Waals surface area contributed by atoms with Crippen molar-refractivity contribution in [3.8, 4) is 0 Å². The zero-order chi connectivity index (χ0) is 11.1. The van der Waals surface area contributed by atoms with Crippen LogP contribution in [0.5, 0.6) is 0 Å². The monoisotopic (exact) mass is 229 g/mol. The van der Waals surface area contributed by atoms with E-state index in [-0.39, 0.29) is 7.43 Å². The number of hydrogen-bond acceptors (Lipinski definition) is 3. The molecule has 0 aromatic carbocycles. The first-order valence-corrected chi connectivity index (χ1v) is 6.24. The molecule has 0 radical (unpaired) electrons. The fourth-order valence-electron chi connectivity index (χ4n) is 1.96. The molecule has 2 aliphatic heterocycles. The van der Waals surface area contributed by atoms with Gasteiger partial charge in [-0.1, -0.05) is 13.8 Å². The first-order valence-electron chi connectivity index (χ1n) is 6.24. The van der Waals surface area contributed by atoms with E-state index >= 15 is 0 Å². The molecule has 0 unspecified atom stereocenters. The lowest BCUT2D eigenvalue weighted by Crippen LogP contribution is -2.42. The first kappa shape index (κ1) is 15.9. The zero-order valence-electron chi connectivity index (χ0n) is 10.7. The van der Waals surface area contributed by atoms with E-state index in [2.05, 4.69) is 35.8 Å². The summed E-state index contributed by atoms with van der Waals surface area (Å²) in [5.41, 5.74) is 0. The van der Waals surface area contributed by atoms with Crippen LogP contribution >= 0.6 is 0 Å². The van der Waals surface area contributed by atoms with Gasteiger partial charge in [-0.3, -0.25) is 0 Å². The molecule has 0 spiro atoms. The Bertz CT molecular complexity index is 137. The Hall–Kier alpha value is -0.120. The standard InChI is InChI=1S/C6H14N2.C6H13N.CH4/c1-7-3-5-8(2)6-4-7;1-7-5-3-2-4-6-7;/h3-6H2,1-2H3;2-6H2,1H3;1H4. The van der Waals surface area contributed by atoms with Crippen molar-refractivity contribution < 1.29 is 0 Å². The summed E-state index contributed by atoms with van der Waals surface area (Å²) in [6.07, 6.45) is 4.28. The highest BCUT2D eigenvalue weighted by atomic mass is 15.2. The summed E-state index contributed by atoms with van der Waals surface area (Å²) >= 11 is 0. The minimum absolute atomic E-state index is 0. The lowest BCUT2D eigenvalue weighted by molar-refractivity contribution is 0.181. The Morgan fingerprint density at radius 1 is 0.500 bits per heavy atom. The van der Waals surface area contributed by atoms with Crippen molar-refractivity contribution in [2.75, 3.05) is 60.4 Å². The van der Waals surface area contributed by atoms with E-state index in [0.29, 0.717) is 0 Å². The van der Waals surface area contributed by atoms with Gasteiger partial charge in [0.25, 0.3) is 0 Å². The summed E-state index contributed by atoms with van der Waals surface area (Å²) in [5, 5.41) is 0.